The van der Waals surface area contributed by atoms with Gasteiger partial charge in [-0.1, -0.05) is 73.2 Å². The minimum Gasteiger partial charge on any atom is -0.473 e. The Bertz CT molecular complexity index is 1080. The molecular formula is C30H36N4O2. The molecule has 2 aromatic carbocycles. The molecular weight excluding hydrogens is 448 g/mol. The van der Waals surface area contributed by atoms with E-state index >= 15 is 0 Å². The second kappa shape index (κ2) is 14.0. The van der Waals surface area contributed by atoms with E-state index in [1.165, 1.54) is 43.5 Å². The Balaban J connectivity index is 1.20. The number of nitrogens with one attached hydrogen (secondary N) is 2. The van der Waals surface area contributed by atoms with Crippen molar-refractivity contribution in [2.45, 2.75) is 38.3 Å². The monoisotopic (exact) mass is 484 g/mol. The van der Waals surface area contributed by atoms with E-state index in [2.05, 4.69) is 38.7 Å². The van der Waals surface area contributed by atoms with Gasteiger partial charge in [0.1, 0.15) is 6.61 Å². The number of urea groups is 1. The molecule has 1 unspecified atom stereocenters. The zero-order valence-corrected chi connectivity index (χ0v) is 20.8. The van der Waals surface area contributed by atoms with E-state index in [1.807, 2.05) is 72.9 Å². The van der Waals surface area contributed by atoms with Crippen LogP contribution in [-0.4, -0.2) is 42.2 Å². The van der Waals surface area contributed by atoms with Crippen molar-refractivity contribution in [3.05, 3.63) is 108 Å². The zero-order chi connectivity index (χ0) is 24.8. The van der Waals surface area contributed by atoms with Crippen molar-refractivity contribution in [3.8, 4) is 5.88 Å². The third kappa shape index (κ3) is 8.54. The standard InChI is InChI=1S/C30H36N4O2/c35-30(33-28(27-14-6-2-7-15-27)22-25-12-4-1-5-13-25)32-17-8-11-21-36-29-23-26(16-18-31-29)24-34-19-9-3-10-20-34/h1-2,4-8,11-16,18,23,28H,3,9-10,17,19-22,24H2,(H2,32,33,35). The van der Waals surface area contributed by atoms with Crippen LogP contribution in [0.4, 0.5) is 4.79 Å². The number of amides is 2. The highest BCUT2D eigenvalue weighted by atomic mass is 16.5. The van der Waals surface area contributed by atoms with E-state index < -0.39 is 0 Å². The maximum atomic E-state index is 12.6. The van der Waals surface area contributed by atoms with Crippen LogP contribution in [0.5, 0.6) is 5.88 Å². The van der Waals surface area contributed by atoms with Crippen LogP contribution in [0.2, 0.25) is 0 Å². The molecule has 1 aliphatic rings. The van der Waals surface area contributed by atoms with Gasteiger partial charge in [0.2, 0.25) is 5.88 Å². The van der Waals surface area contributed by atoms with Gasteiger partial charge >= 0.3 is 6.03 Å². The predicted molar refractivity (Wildman–Crippen MR) is 144 cm³/mol. The van der Waals surface area contributed by atoms with Crippen LogP contribution in [0.1, 0.15) is 42.0 Å². The van der Waals surface area contributed by atoms with Gasteiger partial charge in [-0.25, -0.2) is 9.78 Å². The number of aromatic nitrogens is 1. The first kappa shape index (κ1) is 25.5. The maximum Gasteiger partial charge on any atom is 0.315 e. The minimum absolute atomic E-state index is 0.107. The minimum atomic E-state index is -0.197. The lowest BCUT2D eigenvalue weighted by atomic mass is 9.99. The molecule has 0 bridgehead atoms. The number of nitrogens with zero attached hydrogens (tertiary/aromatic N) is 2. The van der Waals surface area contributed by atoms with Gasteiger partial charge in [0.15, 0.2) is 0 Å². The molecule has 2 amide bonds. The van der Waals surface area contributed by atoms with E-state index in [1.54, 1.807) is 0 Å². The molecule has 188 valence electrons. The Kier molecular flexibility index (Phi) is 9.93. The number of hydrogen-bond acceptors (Lipinski definition) is 4. The van der Waals surface area contributed by atoms with E-state index in [4.69, 9.17) is 4.74 Å². The topological polar surface area (TPSA) is 66.5 Å². The van der Waals surface area contributed by atoms with Crippen molar-refractivity contribution in [2.75, 3.05) is 26.2 Å². The van der Waals surface area contributed by atoms with Gasteiger partial charge in [-0.05, 0) is 61.2 Å². The number of hydrogen-bond donors (Lipinski definition) is 2. The van der Waals surface area contributed by atoms with Crippen molar-refractivity contribution < 1.29 is 9.53 Å². The fraction of sp³-hybridized carbons (Fsp3) is 0.333. The molecule has 0 radical (unpaired) electrons. The number of pyridine rings is 1. The molecule has 1 aromatic heterocycles. The summed E-state index contributed by atoms with van der Waals surface area (Å²) in [5.74, 6) is 0.631. The quantitative estimate of drug-likeness (QED) is 0.363. The Morgan fingerprint density at radius 3 is 2.47 bits per heavy atom. The number of ether oxygens (including phenoxy) is 1. The molecule has 2 N–H and O–H groups in total. The SMILES string of the molecule is O=C(NCC=CCOc1cc(CN2CCCCC2)ccn1)NC(Cc1ccccc1)c1ccccc1. The number of piperidine rings is 1. The van der Waals surface area contributed by atoms with Crippen molar-refractivity contribution in [2.24, 2.45) is 0 Å². The Morgan fingerprint density at radius 1 is 0.944 bits per heavy atom. The largest absolute Gasteiger partial charge is 0.473 e. The average molecular weight is 485 g/mol. The summed E-state index contributed by atoms with van der Waals surface area (Å²) in [6.45, 7) is 4.11. The molecule has 6 heteroatoms. The van der Waals surface area contributed by atoms with E-state index in [0.29, 0.717) is 19.0 Å². The maximum absolute atomic E-state index is 12.6. The highest BCUT2D eigenvalue weighted by molar-refractivity contribution is 5.74. The van der Waals surface area contributed by atoms with Crippen molar-refractivity contribution in [1.82, 2.24) is 20.5 Å². The number of rotatable bonds is 11. The fourth-order valence-electron chi connectivity index (χ4n) is 4.44. The first-order valence-electron chi connectivity index (χ1n) is 12.8. The normalized spacial score (nSPS) is 14.9. The van der Waals surface area contributed by atoms with E-state index in [9.17, 15) is 4.79 Å². The molecule has 0 spiro atoms. The third-order valence-electron chi connectivity index (χ3n) is 6.32. The van der Waals surface area contributed by atoms with Crippen LogP contribution in [0.3, 0.4) is 0 Å². The van der Waals surface area contributed by atoms with Crippen LogP contribution in [0, 0.1) is 0 Å². The van der Waals surface area contributed by atoms with Gasteiger partial charge in [0.05, 0.1) is 6.04 Å². The Labute approximate surface area is 214 Å². The van der Waals surface area contributed by atoms with Crippen LogP contribution in [0.15, 0.2) is 91.1 Å². The molecule has 6 nitrogen and oxygen atoms in total. The number of likely N-dealkylation sites (tertiary alicyclic amines) is 1. The second-order valence-corrected chi connectivity index (χ2v) is 9.13. The molecule has 3 aromatic rings. The first-order valence-corrected chi connectivity index (χ1v) is 12.8. The molecule has 1 aliphatic heterocycles. The lowest BCUT2D eigenvalue weighted by Crippen LogP contribution is -2.38. The number of benzene rings is 2. The van der Waals surface area contributed by atoms with Crippen LogP contribution < -0.4 is 15.4 Å². The van der Waals surface area contributed by atoms with Crippen LogP contribution in [0.25, 0.3) is 0 Å². The number of carbonyl (C=O) groups excluding carboxylic acids is 1. The van der Waals surface area contributed by atoms with E-state index in [0.717, 1.165) is 18.5 Å². The molecule has 1 fully saturated rings. The van der Waals surface area contributed by atoms with Gasteiger partial charge in [-0.2, -0.15) is 0 Å². The summed E-state index contributed by atoms with van der Waals surface area (Å²) in [5, 5.41) is 6.02. The first-order chi connectivity index (χ1) is 17.8. The molecule has 1 atom stereocenters. The molecule has 1 saturated heterocycles. The third-order valence-corrected chi connectivity index (χ3v) is 6.32. The molecule has 0 aliphatic carbocycles. The Hall–Kier alpha value is -3.64. The summed E-state index contributed by atoms with van der Waals surface area (Å²) in [6, 6.07) is 24.0. The summed E-state index contributed by atoms with van der Waals surface area (Å²) in [4.78, 5) is 19.4. The highest BCUT2D eigenvalue weighted by Crippen LogP contribution is 2.18. The highest BCUT2D eigenvalue weighted by Gasteiger charge is 2.15. The number of carbonyl (C=O) groups is 1. The van der Waals surface area contributed by atoms with Gasteiger partial charge in [0.25, 0.3) is 0 Å². The summed E-state index contributed by atoms with van der Waals surface area (Å²) < 4.78 is 5.79. The smallest absolute Gasteiger partial charge is 0.315 e. The fourth-order valence-corrected chi connectivity index (χ4v) is 4.44. The van der Waals surface area contributed by atoms with Crippen LogP contribution in [-0.2, 0) is 13.0 Å². The van der Waals surface area contributed by atoms with Gasteiger partial charge in [0, 0.05) is 25.4 Å². The lowest BCUT2D eigenvalue weighted by Gasteiger charge is -2.26. The molecule has 2 heterocycles. The second-order valence-electron chi connectivity index (χ2n) is 9.13. The summed E-state index contributed by atoms with van der Waals surface area (Å²) >= 11 is 0. The Morgan fingerprint density at radius 2 is 1.69 bits per heavy atom. The summed E-state index contributed by atoms with van der Waals surface area (Å²) in [5.41, 5.74) is 3.49. The average Bonchev–Trinajstić information content (AvgIpc) is 2.92. The van der Waals surface area contributed by atoms with Crippen molar-refractivity contribution in [3.63, 3.8) is 0 Å². The van der Waals surface area contributed by atoms with Crippen molar-refractivity contribution in [1.29, 1.82) is 0 Å². The summed E-state index contributed by atoms with van der Waals surface area (Å²) in [6.07, 6.45) is 10.2. The van der Waals surface area contributed by atoms with Gasteiger partial charge < -0.3 is 15.4 Å². The summed E-state index contributed by atoms with van der Waals surface area (Å²) in [7, 11) is 0. The molecule has 4 rings (SSSR count). The zero-order valence-electron chi connectivity index (χ0n) is 20.8. The molecule has 36 heavy (non-hydrogen) atoms. The molecule has 0 saturated carbocycles. The van der Waals surface area contributed by atoms with Crippen molar-refractivity contribution >= 4 is 6.03 Å². The van der Waals surface area contributed by atoms with Gasteiger partial charge in [-0.15, -0.1) is 0 Å². The lowest BCUT2D eigenvalue weighted by molar-refractivity contribution is 0.220. The van der Waals surface area contributed by atoms with E-state index in [-0.39, 0.29) is 12.1 Å². The predicted octanol–water partition coefficient (Wildman–Crippen LogP) is 5.29. The van der Waals surface area contributed by atoms with Crippen LogP contribution >= 0.6 is 0 Å². The van der Waals surface area contributed by atoms with Gasteiger partial charge in [-0.3, -0.25) is 4.90 Å².